The van der Waals surface area contributed by atoms with Crippen LogP contribution in [0.3, 0.4) is 0 Å². The van der Waals surface area contributed by atoms with Crippen molar-refractivity contribution in [3.05, 3.63) is 181 Å². The number of esters is 1. The number of carbonyl (C=O) groups is 3. The van der Waals surface area contributed by atoms with Gasteiger partial charge in [-0.25, -0.2) is 18.8 Å². The fourth-order valence-electron chi connectivity index (χ4n) is 12.6. The van der Waals surface area contributed by atoms with E-state index in [-0.39, 0.29) is 81.3 Å². The largest absolute Gasteiger partial charge is 0.497 e. The van der Waals surface area contributed by atoms with Crippen LogP contribution in [0.5, 0.6) is 5.75 Å². The molecular formula is C68H81FN11O15P. The smallest absolute Gasteiger partial charge is 0.330 e. The third kappa shape index (κ3) is 15.5. The van der Waals surface area contributed by atoms with Gasteiger partial charge in [-0.05, 0) is 68.7 Å². The Hall–Kier alpha value is -8.55. The lowest BCUT2D eigenvalue weighted by Gasteiger charge is -2.44. The third-order valence-corrected chi connectivity index (χ3v) is 19.4. The molecule has 3 fully saturated rings. The molecule has 3 aromatic heterocycles. The molecule has 7 aromatic rings. The van der Waals surface area contributed by atoms with Crippen molar-refractivity contribution in [3.8, 4) is 11.8 Å². The zero-order valence-electron chi connectivity index (χ0n) is 54.9. The Kier molecular flexibility index (Phi) is 22.8. The molecule has 9 atom stereocenters. The second-order valence-corrected chi connectivity index (χ2v) is 25.9. The summed E-state index contributed by atoms with van der Waals surface area (Å²) in [4.78, 5) is 97.9. The van der Waals surface area contributed by atoms with E-state index in [2.05, 4.69) is 31.7 Å². The van der Waals surface area contributed by atoms with Gasteiger partial charge in [0.1, 0.15) is 35.5 Å². The van der Waals surface area contributed by atoms with Crippen LogP contribution >= 0.6 is 8.53 Å². The molecule has 6 heterocycles. The lowest BCUT2D eigenvalue weighted by molar-refractivity contribution is -0.274. The normalized spacial score (nSPS) is 21.4. The van der Waals surface area contributed by atoms with Crippen LogP contribution < -0.4 is 37.1 Å². The van der Waals surface area contributed by atoms with Gasteiger partial charge in [0.05, 0.1) is 50.9 Å². The molecule has 0 saturated carbocycles. The van der Waals surface area contributed by atoms with Crippen LogP contribution in [-0.2, 0) is 57.5 Å². The van der Waals surface area contributed by atoms with Crippen LogP contribution in [0.1, 0.15) is 103 Å². The highest BCUT2D eigenvalue weighted by Crippen LogP contribution is 2.52. The highest BCUT2D eigenvalue weighted by molar-refractivity contribution is 7.44. The summed E-state index contributed by atoms with van der Waals surface area (Å²) in [5.41, 5.74) is -1.17. The molecule has 28 heteroatoms. The summed E-state index contributed by atoms with van der Waals surface area (Å²) in [7, 11) is 0.949. The SMILES string of the molecule is COc1ccc(C(OC[C@H]2O[C@@H](n3ccc(=O)[nH]c3=O)[C@H](OC(C)=O)[C@@H]2CC(=O)NC[C@H]2O[C@@H](n3cnc4c(=O)[nH]c(NC(=O)C(C)C)nc43)[C@H](OC3(OC)CCN(c4ccccc4F)CC3)[C@@H]2OP(OCCC#N)N(C(C)C)C(C)C)(c2ccccc2)c2ccccc2)cc1. The average Bonchev–Trinajstić information content (AvgIpc) is 1.39. The van der Waals surface area contributed by atoms with Crippen LogP contribution in [0.2, 0.25) is 0 Å². The molecule has 4 N–H and O–H groups in total. The van der Waals surface area contributed by atoms with Gasteiger partial charge in [-0.1, -0.05) is 98.8 Å². The van der Waals surface area contributed by atoms with Gasteiger partial charge in [0.25, 0.3) is 19.6 Å². The van der Waals surface area contributed by atoms with Crippen molar-refractivity contribution in [1.82, 2.24) is 39.1 Å². The highest BCUT2D eigenvalue weighted by atomic mass is 31.2. The molecule has 26 nitrogen and oxygen atoms in total. The molecule has 1 unspecified atom stereocenters. The van der Waals surface area contributed by atoms with Gasteiger partial charge in [0.2, 0.25) is 17.8 Å². The number of nitrogens with one attached hydrogen (secondary N) is 4. The number of aromatic nitrogens is 6. The van der Waals surface area contributed by atoms with Gasteiger partial charge in [-0.2, -0.15) is 10.2 Å². The quantitative estimate of drug-likeness (QED) is 0.0119. The summed E-state index contributed by atoms with van der Waals surface area (Å²) in [5.74, 6) is -4.75. The lowest BCUT2D eigenvalue weighted by atomic mass is 9.80. The van der Waals surface area contributed by atoms with Crippen LogP contribution in [0.15, 0.2) is 142 Å². The van der Waals surface area contributed by atoms with Crippen molar-refractivity contribution in [2.75, 3.05) is 57.3 Å². The molecular weight excluding hydrogens is 1260 g/mol. The molecule has 3 saturated heterocycles. The second kappa shape index (κ2) is 31.1. The Balaban J connectivity index is 1.05. The zero-order valence-corrected chi connectivity index (χ0v) is 55.8. The molecule has 4 aromatic carbocycles. The Bertz CT molecular complexity index is 3980. The van der Waals surface area contributed by atoms with Gasteiger partial charge < -0.3 is 52.4 Å². The molecule has 96 heavy (non-hydrogen) atoms. The molecule has 510 valence electrons. The number of nitriles is 1. The first-order chi connectivity index (χ1) is 46.2. The first kappa shape index (κ1) is 70.3. The molecule has 3 aliphatic rings. The van der Waals surface area contributed by atoms with E-state index in [1.807, 2.05) is 122 Å². The maximum absolute atomic E-state index is 15.4. The standard InChI is InChI=1S/C68H81FN11O15P/c1-41(2)61(84)75-65-74-60-56(62(85)76-65)72-40-79(60)64-59(94-67(88-9)30-34-77(35-31-67)51-24-17-16-23-50(51)69)58(95-96(90-36-18-32-70)80(42(3)4)43(5)6)52(92-64)38-71-55(83)37-49-53(93-63(57(49)91-44(7)81)78-33-29-54(82)73-66(78)86)39-89-68(45-19-12-10-13-20-45,46-21-14-11-15-22-46)47-25-27-48(87-8)28-26-47/h10-17,19-29,33,40-43,49,52-53,57-59,63-64H,18,30-31,34-39H2,1-9H3,(H,71,83)(H,73,82,86)(H2,74,75,76,84,85)/t49-,52-,53-,57-,58-,59-,63-,64-,96?/m1/s1. The monoisotopic (exact) mass is 1340 g/mol. The van der Waals surface area contributed by atoms with Crippen LogP contribution in [0.4, 0.5) is 16.0 Å². The van der Waals surface area contributed by atoms with E-state index in [9.17, 15) is 29.2 Å². The predicted octanol–water partition coefficient (Wildman–Crippen LogP) is 7.96. The van der Waals surface area contributed by atoms with E-state index in [0.717, 1.165) is 21.8 Å². The Labute approximate surface area is 555 Å². The molecule has 0 spiro atoms. The maximum atomic E-state index is 15.4. The number of hydrogen-bond acceptors (Lipinski definition) is 20. The predicted molar refractivity (Wildman–Crippen MR) is 352 cm³/mol. The fraction of sp³-hybridized carbons (Fsp3) is 0.456. The number of anilines is 2. The lowest BCUT2D eigenvalue weighted by Crippen LogP contribution is -2.52. The number of piperidine rings is 1. The minimum Gasteiger partial charge on any atom is -0.497 e. The number of benzene rings is 4. The first-order valence-electron chi connectivity index (χ1n) is 31.9. The number of para-hydroxylation sites is 1. The van der Waals surface area contributed by atoms with Crippen molar-refractivity contribution in [1.29, 1.82) is 5.26 Å². The molecule has 10 rings (SSSR count). The Morgan fingerprint density at radius 1 is 0.823 bits per heavy atom. The van der Waals surface area contributed by atoms with Crippen molar-refractivity contribution >= 4 is 49.1 Å². The summed E-state index contributed by atoms with van der Waals surface area (Å²) in [6, 6.07) is 35.8. The van der Waals surface area contributed by atoms with E-state index in [4.69, 9.17) is 47.2 Å². The van der Waals surface area contributed by atoms with Gasteiger partial charge >= 0.3 is 11.7 Å². The number of fused-ring (bicyclic) bond motifs is 1. The number of aromatic amines is 2. The molecule has 3 aliphatic heterocycles. The van der Waals surface area contributed by atoms with Crippen LogP contribution in [-0.4, -0.2) is 147 Å². The minimum atomic E-state index is -2.12. The van der Waals surface area contributed by atoms with Gasteiger partial charge in [-0.3, -0.25) is 48.4 Å². The van der Waals surface area contributed by atoms with E-state index in [1.54, 1.807) is 39.2 Å². The highest BCUT2D eigenvalue weighted by Gasteiger charge is 2.55. The fourth-order valence-corrected chi connectivity index (χ4v) is 14.4. The Morgan fingerprint density at radius 2 is 1.46 bits per heavy atom. The third-order valence-electron chi connectivity index (χ3n) is 17.2. The topological polar surface area (TPSA) is 307 Å². The van der Waals surface area contributed by atoms with Crippen LogP contribution in [0.25, 0.3) is 11.2 Å². The zero-order chi connectivity index (χ0) is 68.4. The summed E-state index contributed by atoms with van der Waals surface area (Å²) in [6.45, 7) is 12.4. The number of amides is 2. The van der Waals surface area contributed by atoms with E-state index < -0.39 is 122 Å². The summed E-state index contributed by atoms with van der Waals surface area (Å²) < 4.78 is 80.4. The number of halogens is 1. The number of carbonyl (C=O) groups excluding carboxylic acids is 3. The number of methoxy groups -OCH3 is 2. The Morgan fingerprint density at radius 3 is 2.06 bits per heavy atom. The number of ether oxygens (including phenoxy) is 7. The molecule has 0 bridgehead atoms. The number of hydrogen-bond donors (Lipinski definition) is 4. The second-order valence-electron chi connectivity index (χ2n) is 24.5. The van der Waals surface area contributed by atoms with E-state index in [1.165, 1.54) is 37.2 Å². The number of imidazole rings is 1. The van der Waals surface area contributed by atoms with Crippen molar-refractivity contribution < 1.29 is 61.0 Å². The molecule has 0 aliphatic carbocycles. The summed E-state index contributed by atoms with van der Waals surface area (Å²) in [6.07, 6.45) is -6.28. The number of rotatable bonds is 28. The van der Waals surface area contributed by atoms with Crippen molar-refractivity contribution in [3.63, 3.8) is 0 Å². The number of nitrogens with zero attached hydrogens (tertiary/aromatic N) is 7. The van der Waals surface area contributed by atoms with E-state index >= 15 is 9.18 Å². The van der Waals surface area contributed by atoms with E-state index in [0.29, 0.717) is 17.0 Å². The first-order valence-corrected chi connectivity index (χ1v) is 33.0. The minimum absolute atomic E-state index is 0.0155. The summed E-state index contributed by atoms with van der Waals surface area (Å²) in [5, 5.41) is 15.5. The van der Waals surface area contributed by atoms with Crippen molar-refractivity contribution in [2.45, 2.75) is 141 Å². The van der Waals surface area contributed by atoms with Crippen LogP contribution in [0, 0.1) is 29.0 Å². The van der Waals surface area contributed by atoms with Crippen molar-refractivity contribution in [2.24, 2.45) is 11.8 Å². The summed E-state index contributed by atoms with van der Waals surface area (Å²) >= 11 is 0. The maximum Gasteiger partial charge on any atom is 0.330 e. The van der Waals surface area contributed by atoms with Gasteiger partial charge in [-0.15, -0.1) is 0 Å². The number of H-pyrrole nitrogens is 2. The molecule has 0 radical (unpaired) electrons. The van der Waals surface area contributed by atoms with Gasteiger partial charge in [0.15, 0.2) is 35.5 Å². The average molecular weight is 1340 g/mol. The van der Waals surface area contributed by atoms with Gasteiger partial charge in [0, 0.05) is 89.1 Å². The molecule has 2 amide bonds.